The molecule has 1 saturated heterocycles. The minimum Gasteiger partial charge on any atom is -0.452 e. The first-order valence-electron chi connectivity index (χ1n) is 11.0. The quantitative estimate of drug-likeness (QED) is 0.325. The van der Waals surface area contributed by atoms with Gasteiger partial charge in [0.2, 0.25) is 0 Å². The molecule has 0 spiro atoms. The van der Waals surface area contributed by atoms with Gasteiger partial charge in [0.1, 0.15) is 5.69 Å². The molecule has 1 aromatic rings. The summed E-state index contributed by atoms with van der Waals surface area (Å²) in [7, 11) is 0. The molecular formula is C22H31N3O5. The van der Waals surface area contributed by atoms with Crippen molar-refractivity contribution < 1.29 is 19.2 Å². The number of carbonyl (C=O) groups excluding carboxylic acids is 2. The number of hydrogen-bond acceptors (Lipinski definition) is 6. The van der Waals surface area contributed by atoms with Gasteiger partial charge >= 0.3 is 5.97 Å². The number of rotatable bonds is 6. The molecule has 2 aliphatic rings. The Morgan fingerprint density at radius 2 is 1.67 bits per heavy atom. The Morgan fingerprint density at radius 3 is 2.30 bits per heavy atom. The van der Waals surface area contributed by atoms with Crippen molar-refractivity contribution in [2.75, 3.05) is 24.6 Å². The summed E-state index contributed by atoms with van der Waals surface area (Å²) in [5.41, 5.74) is 0.515. The lowest BCUT2D eigenvalue weighted by molar-refractivity contribution is -0.384. The molecule has 2 fully saturated rings. The fourth-order valence-electron chi connectivity index (χ4n) is 4.28. The Morgan fingerprint density at radius 1 is 1.03 bits per heavy atom. The van der Waals surface area contributed by atoms with E-state index in [-0.39, 0.29) is 29.8 Å². The summed E-state index contributed by atoms with van der Waals surface area (Å²) in [5.74, 6) is -1.05. The number of amides is 1. The van der Waals surface area contributed by atoms with Crippen molar-refractivity contribution >= 4 is 23.3 Å². The maximum Gasteiger partial charge on any atom is 0.338 e. The molecule has 0 bridgehead atoms. The molecule has 1 aliphatic heterocycles. The van der Waals surface area contributed by atoms with E-state index in [1.165, 1.54) is 18.9 Å². The van der Waals surface area contributed by atoms with Gasteiger partial charge in [-0.25, -0.2) is 4.79 Å². The number of nitrogens with zero attached hydrogens (tertiary/aromatic N) is 2. The van der Waals surface area contributed by atoms with E-state index in [4.69, 9.17) is 4.74 Å². The number of esters is 1. The first-order chi connectivity index (χ1) is 14.5. The van der Waals surface area contributed by atoms with Gasteiger partial charge in [-0.05, 0) is 37.8 Å². The van der Waals surface area contributed by atoms with Gasteiger partial charge in [0.15, 0.2) is 6.61 Å². The van der Waals surface area contributed by atoms with E-state index in [0.29, 0.717) is 5.69 Å². The summed E-state index contributed by atoms with van der Waals surface area (Å²) in [6, 6.07) is 4.54. The topological polar surface area (TPSA) is 102 Å². The van der Waals surface area contributed by atoms with Gasteiger partial charge < -0.3 is 15.0 Å². The molecule has 1 N–H and O–H groups in total. The van der Waals surface area contributed by atoms with Crippen LogP contribution in [0.25, 0.3) is 0 Å². The maximum absolute atomic E-state index is 12.4. The predicted molar refractivity (Wildman–Crippen MR) is 114 cm³/mol. The monoisotopic (exact) mass is 417 g/mol. The zero-order valence-electron chi connectivity index (χ0n) is 17.4. The van der Waals surface area contributed by atoms with Gasteiger partial charge in [-0.3, -0.25) is 14.9 Å². The second kappa shape index (κ2) is 10.9. The Balaban J connectivity index is 1.60. The van der Waals surface area contributed by atoms with Gasteiger partial charge in [0.05, 0.1) is 10.5 Å². The summed E-state index contributed by atoms with van der Waals surface area (Å²) in [5, 5.41) is 14.5. The number of nitro benzene ring substituents is 1. The molecule has 1 amide bonds. The molecule has 1 aromatic carbocycles. The third-order valence-corrected chi connectivity index (χ3v) is 5.91. The largest absolute Gasteiger partial charge is 0.452 e. The van der Waals surface area contributed by atoms with Gasteiger partial charge in [0.25, 0.3) is 11.6 Å². The smallest absolute Gasteiger partial charge is 0.338 e. The summed E-state index contributed by atoms with van der Waals surface area (Å²) >= 11 is 0. The zero-order valence-corrected chi connectivity index (χ0v) is 17.4. The lowest BCUT2D eigenvalue weighted by Crippen LogP contribution is -2.37. The first-order valence-corrected chi connectivity index (χ1v) is 11.0. The van der Waals surface area contributed by atoms with E-state index in [1.54, 1.807) is 12.1 Å². The van der Waals surface area contributed by atoms with Crippen LogP contribution in [-0.4, -0.2) is 42.5 Å². The molecule has 8 nitrogen and oxygen atoms in total. The highest BCUT2D eigenvalue weighted by Gasteiger charge is 2.23. The number of hydrogen-bond donors (Lipinski definition) is 1. The highest BCUT2D eigenvalue weighted by atomic mass is 16.6. The normalized spacial score (nSPS) is 18.2. The minimum atomic E-state index is -0.725. The number of anilines is 1. The standard InChI is InChI=1S/C22H31N3O5/c26-21(23-18-9-5-1-2-6-10-18)16-30-22(27)17-11-12-19(20(15-17)25(28)29)24-13-7-3-4-8-14-24/h11-12,15,18H,1-10,13-14,16H2,(H,23,26). The van der Waals surface area contributed by atoms with Crippen LogP contribution in [0.5, 0.6) is 0 Å². The molecule has 0 atom stereocenters. The molecule has 0 unspecified atom stereocenters. The van der Waals surface area contributed by atoms with E-state index in [2.05, 4.69) is 5.32 Å². The molecular weight excluding hydrogens is 386 g/mol. The number of benzene rings is 1. The third kappa shape index (κ3) is 6.18. The first kappa shape index (κ1) is 22.1. The Hall–Kier alpha value is -2.64. The molecule has 0 radical (unpaired) electrons. The van der Waals surface area contributed by atoms with Crippen molar-refractivity contribution in [2.24, 2.45) is 0 Å². The summed E-state index contributed by atoms with van der Waals surface area (Å²) in [4.78, 5) is 37.7. The van der Waals surface area contributed by atoms with Crippen LogP contribution in [0, 0.1) is 10.1 Å². The number of nitrogens with one attached hydrogen (secondary N) is 1. The predicted octanol–water partition coefficient (Wildman–Crippen LogP) is 3.97. The van der Waals surface area contributed by atoms with Crippen LogP contribution < -0.4 is 10.2 Å². The average molecular weight is 418 g/mol. The fraction of sp³-hybridized carbons (Fsp3) is 0.636. The van der Waals surface area contributed by atoms with Gasteiger partial charge in [-0.15, -0.1) is 0 Å². The summed E-state index contributed by atoms with van der Waals surface area (Å²) < 4.78 is 5.12. The maximum atomic E-state index is 12.4. The van der Waals surface area contributed by atoms with E-state index in [1.807, 2.05) is 4.90 Å². The van der Waals surface area contributed by atoms with Crippen molar-refractivity contribution in [1.82, 2.24) is 5.32 Å². The van der Waals surface area contributed by atoms with Crippen LogP contribution in [0.1, 0.15) is 74.6 Å². The molecule has 1 heterocycles. The zero-order chi connectivity index (χ0) is 21.3. The molecule has 3 rings (SSSR count). The van der Waals surface area contributed by atoms with E-state index in [9.17, 15) is 19.7 Å². The Labute approximate surface area is 177 Å². The second-order valence-corrected chi connectivity index (χ2v) is 8.19. The van der Waals surface area contributed by atoms with Crippen LogP contribution in [0.4, 0.5) is 11.4 Å². The lowest BCUT2D eigenvalue weighted by atomic mass is 10.1. The average Bonchev–Trinajstić information content (AvgIpc) is 3.16. The van der Waals surface area contributed by atoms with Crippen molar-refractivity contribution in [3.8, 4) is 0 Å². The second-order valence-electron chi connectivity index (χ2n) is 8.19. The summed E-state index contributed by atoms with van der Waals surface area (Å²) in [6.45, 7) is 1.16. The van der Waals surface area contributed by atoms with Gasteiger partial charge in [-0.1, -0.05) is 38.5 Å². The molecule has 0 aromatic heterocycles. The molecule has 30 heavy (non-hydrogen) atoms. The van der Waals surface area contributed by atoms with E-state index < -0.39 is 10.9 Å². The van der Waals surface area contributed by atoms with E-state index >= 15 is 0 Å². The minimum absolute atomic E-state index is 0.0857. The van der Waals surface area contributed by atoms with Crippen LogP contribution in [-0.2, 0) is 9.53 Å². The van der Waals surface area contributed by atoms with Gasteiger partial charge in [0, 0.05) is 25.2 Å². The van der Waals surface area contributed by atoms with Crippen molar-refractivity contribution in [3.63, 3.8) is 0 Å². The molecule has 1 saturated carbocycles. The van der Waals surface area contributed by atoms with E-state index in [0.717, 1.165) is 64.5 Å². The molecule has 8 heteroatoms. The number of nitro groups is 1. The van der Waals surface area contributed by atoms with Crippen LogP contribution in [0.2, 0.25) is 0 Å². The Kier molecular flexibility index (Phi) is 8.04. The van der Waals surface area contributed by atoms with Crippen molar-refractivity contribution in [3.05, 3.63) is 33.9 Å². The van der Waals surface area contributed by atoms with Gasteiger partial charge in [-0.2, -0.15) is 0 Å². The molecule has 1 aliphatic carbocycles. The van der Waals surface area contributed by atoms with Crippen LogP contribution in [0.3, 0.4) is 0 Å². The highest BCUT2D eigenvalue weighted by molar-refractivity contribution is 5.93. The van der Waals surface area contributed by atoms with Crippen LogP contribution >= 0.6 is 0 Å². The van der Waals surface area contributed by atoms with Crippen LogP contribution in [0.15, 0.2) is 18.2 Å². The number of ether oxygens (including phenoxy) is 1. The summed E-state index contributed by atoms with van der Waals surface area (Å²) in [6.07, 6.45) is 10.7. The SMILES string of the molecule is O=C(COC(=O)c1ccc(N2CCCCCC2)c([N+](=O)[O-])c1)NC1CCCCCC1. The highest BCUT2D eigenvalue weighted by Crippen LogP contribution is 2.31. The van der Waals surface area contributed by atoms with Crippen molar-refractivity contribution in [1.29, 1.82) is 0 Å². The lowest BCUT2D eigenvalue weighted by Gasteiger charge is -2.22. The third-order valence-electron chi connectivity index (χ3n) is 5.91. The Bertz CT molecular complexity index is 751. The van der Waals surface area contributed by atoms with Crippen molar-refractivity contribution in [2.45, 2.75) is 70.3 Å². The molecule has 164 valence electrons. The fourth-order valence-corrected chi connectivity index (χ4v) is 4.28. The number of carbonyl (C=O) groups is 2.